The minimum Gasteiger partial charge on any atom is -0.376 e. The van der Waals surface area contributed by atoms with Crippen LogP contribution in [-0.2, 0) is 4.74 Å². The number of hydrazine groups is 1. The summed E-state index contributed by atoms with van der Waals surface area (Å²) in [6.07, 6.45) is 5.52. The van der Waals surface area contributed by atoms with E-state index >= 15 is 0 Å². The first-order valence-corrected chi connectivity index (χ1v) is 4.08. The molecule has 2 atom stereocenters. The van der Waals surface area contributed by atoms with E-state index in [-0.39, 0.29) is 12.1 Å². The lowest BCUT2D eigenvalue weighted by atomic mass is 10.0. The Morgan fingerprint density at radius 2 is 2.45 bits per heavy atom. The molecule has 0 spiro atoms. The van der Waals surface area contributed by atoms with Gasteiger partial charge in [0.25, 0.3) is 0 Å². The van der Waals surface area contributed by atoms with Crippen molar-refractivity contribution in [3.63, 3.8) is 0 Å². The van der Waals surface area contributed by atoms with Crippen molar-refractivity contribution in [3.8, 4) is 0 Å². The minimum atomic E-state index is 0.107. The lowest BCUT2D eigenvalue weighted by molar-refractivity contribution is 0.00231. The maximum Gasteiger partial charge on any atom is 0.0776 e. The lowest BCUT2D eigenvalue weighted by Crippen LogP contribution is -2.44. The van der Waals surface area contributed by atoms with E-state index in [0.717, 1.165) is 13.0 Å². The number of nitrogens with two attached hydrogens (primary N) is 1. The van der Waals surface area contributed by atoms with Crippen molar-refractivity contribution < 1.29 is 4.74 Å². The van der Waals surface area contributed by atoms with Crippen LogP contribution in [0.25, 0.3) is 0 Å². The Hall–Kier alpha value is -0.380. The lowest BCUT2D eigenvalue weighted by Gasteiger charge is -2.27. The van der Waals surface area contributed by atoms with E-state index in [1.807, 2.05) is 0 Å². The summed E-state index contributed by atoms with van der Waals surface area (Å²) >= 11 is 0. The molecule has 3 heteroatoms. The van der Waals surface area contributed by atoms with E-state index in [4.69, 9.17) is 10.6 Å². The molecular weight excluding hydrogens is 140 g/mol. The third-order valence-corrected chi connectivity index (χ3v) is 2.06. The Labute approximate surface area is 67.6 Å². The van der Waals surface area contributed by atoms with Crippen LogP contribution in [0.2, 0.25) is 0 Å². The maximum absolute atomic E-state index is 5.51. The Balaban J connectivity index is 2.35. The summed E-state index contributed by atoms with van der Waals surface area (Å²) in [6, 6.07) is 0.107. The van der Waals surface area contributed by atoms with Gasteiger partial charge in [0.2, 0.25) is 0 Å². The molecule has 1 saturated heterocycles. The second-order valence-electron chi connectivity index (χ2n) is 2.83. The summed E-state index contributed by atoms with van der Waals surface area (Å²) in [6.45, 7) is 4.54. The molecule has 3 N–H and O–H groups in total. The monoisotopic (exact) mass is 156 g/mol. The summed E-state index contributed by atoms with van der Waals surface area (Å²) < 4.78 is 5.51. The number of rotatable bonds is 3. The Kier molecular flexibility index (Phi) is 3.56. The van der Waals surface area contributed by atoms with Gasteiger partial charge in [-0.1, -0.05) is 6.08 Å². The zero-order valence-electron chi connectivity index (χ0n) is 6.75. The molecule has 2 unspecified atom stereocenters. The van der Waals surface area contributed by atoms with Gasteiger partial charge in [0.1, 0.15) is 0 Å². The van der Waals surface area contributed by atoms with Gasteiger partial charge >= 0.3 is 0 Å². The van der Waals surface area contributed by atoms with Crippen molar-refractivity contribution in [2.24, 2.45) is 5.84 Å². The normalized spacial score (nSPS) is 27.9. The van der Waals surface area contributed by atoms with Crippen LogP contribution in [0.1, 0.15) is 19.3 Å². The first kappa shape index (κ1) is 8.71. The van der Waals surface area contributed by atoms with Crippen LogP contribution in [0.4, 0.5) is 0 Å². The third-order valence-electron chi connectivity index (χ3n) is 2.06. The first-order chi connectivity index (χ1) is 5.38. The van der Waals surface area contributed by atoms with Crippen molar-refractivity contribution in [1.29, 1.82) is 0 Å². The van der Waals surface area contributed by atoms with E-state index in [1.54, 1.807) is 6.08 Å². The standard InChI is InChI=1S/C8H16N2O/c1-2-7(10-9)8-5-3-4-6-11-8/h2,7-8,10H,1,3-6,9H2. The smallest absolute Gasteiger partial charge is 0.0776 e. The summed E-state index contributed by atoms with van der Waals surface area (Å²) in [5, 5.41) is 0. The van der Waals surface area contributed by atoms with Crippen LogP contribution < -0.4 is 11.3 Å². The van der Waals surface area contributed by atoms with Crippen LogP contribution >= 0.6 is 0 Å². The fraction of sp³-hybridized carbons (Fsp3) is 0.750. The van der Waals surface area contributed by atoms with Crippen molar-refractivity contribution in [2.75, 3.05) is 6.61 Å². The molecule has 0 aliphatic carbocycles. The SMILES string of the molecule is C=CC(NN)C1CCCCO1. The molecule has 0 saturated carbocycles. The summed E-state index contributed by atoms with van der Waals surface area (Å²) in [7, 11) is 0. The maximum atomic E-state index is 5.51. The quantitative estimate of drug-likeness (QED) is 0.357. The van der Waals surface area contributed by atoms with Gasteiger partial charge in [-0.3, -0.25) is 11.3 Å². The second-order valence-corrected chi connectivity index (χ2v) is 2.83. The van der Waals surface area contributed by atoms with Gasteiger partial charge in [-0.25, -0.2) is 0 Å². The predicted octanol–water partition coefficient (Wildman–Crippen LogP) is 0.573. The Bertz CT molecular complexity index is 121. The Morgan fingerprint density at radius 3 is 2.91 bits per heavy atom. The van der Waals surface area contributed by atoms with Crippen LogP contribution in [0, 0.1) is 0 Å². The van der Waals surface area contributed by atoms with Crippen molar-refractivity contribution in [2.45, 2.75) is 31.4 Å². The van der Waals surface area contributed by atoms with E-state index < -0.39 is 0 Å². The average Bonchev–Trinajstić information content (AvgIpc) is 2.09. The molecule has 0 aromatic heterocycles. The predicted molar refractivity (Wildman–Crippen MR) is 44.9 cm³/mol. The molecule has 1 rings (SSSR count). The van der Waals surface area contributed by atoms with E-state index in [0.29, 0.717) is 0 Å². The van der Waals surface area contributed by atoms with E-state index in [9.17, 15) is 0 Å². The van der Waals surface area contributed by atoms with Crippen molar-refractivity contribution >= 4 is 0 Å². The van der Waals surface area contributed by atoms with Gasteiger partial charge in [-0.2, -0.15) is 0 Å². The molecule has 1 fully saturated rings. The molecule has 0 amide bonds. The molecule has 0 radical (unpaired) electrons. The molecule has 1 aliphatic rings. The molecule has 0 aromatic carbocycles. The second kappa shape index (κ2) is 4.49. The number of hydrogen-bond acceptors (Lipinski definition) is 3. The zero-order chi connectivity index (χ0) is 8.10. The van der Waals surface area contributed by atoms with Crippen LogP contribution in [0.5, 0.6) is 0 Å². The number of ether oxygens (including phenoxy) is 1. The highest BCUT2D eigenvalue weighted by Gasteiger charge is 2.20. The van der Waals surface area contributed by atoms with E-state index in [1.165, 1.54) is 12.8 Å². The molecule has 0 aromatic rings. The van der Waals surface area contributed by atoms with E-state index in [2.05, 4.69) is 12.0 Å². The molecule has 0 bridgehead atoms. The minimum absolute atomic E-state index is 0.107. The number of nitrogens with one attached hydrogen (secondary N) is 1. The fourth-order valence-electron chi connectivity index (χ4n) is 1.38. The third kappa shape index (κ3) is 2.29. The zero-order valence-corrected chi connectivity index (χ0v) is 6.75. The topological polar surface area (TPSA) is 47.3 Å². The average molecular weight is 156 g/mol. The highest BCUT2D eigenvalue weighted by Crippen LogP contribution is 2.15. The van der Waals surface area contributed by atoms with Gasteiger partial charge in [0.15, 0.2) is 0 Å². The summed E-state index contributed by atoms with van der Waals surface area (Å²) in [5.74, 6) is 5.31. The van der Waals surface area contributed by atoms with Gasteiger partial charge in [0.05, 0.1) is 12.1 Å². The fourth-order valence-corrected chi connectivity index (χ4v) is 1.38. The van der Waals surface area contributed by atoms with Crippen LogP contribution in [-0.4, -0.2) is 18.8 Å². The first-order valence-electron chi connectivity index (χ1n) is 4.08. The molecule has 11 heavy (non-hydrogen) atoms. The van der Waals surface area contributed by atoms with Crippen LogP contribution in [0.3, 0.4) is 0 Å². The molecule has 1 aliphatic heterocycles. The van der Waals surface area contributed by atoms with Gasteiger partial charge in [-0.05, 0) is 19.3 Å². The Morgan fingerprint density at radius 1 is 1.64 bits per heavy atom. The molecular formula is C8H16N2O. The van der Waals surface area contributed by atoms with Crippen molar-refractivity contribution in [1.82, 2.24) is 5.43 Å². The molecule has 64 valence electrons. The molecule has 1 heterocycles. The largest absolute Gasteiger partial charge is 0.376 e. The van der Waals surface area contributed by atoms with Gasteiger partial charge < -0.3 is 4.74 Å². The number of hydrogen-bond donors (Lipinski definition) is 2. The highest BCUT2D eigenvalue weighted by molar-refractivity contribution is 4.91. The summed E-state index contributed by atoms with van der Waals surface area (Å²) in [5.41, 5.74) is 2.68. The van der Waals surface area contributed by atoms with Gasteiger partial charge in [-0.15, -0.1) is 6.58 Å². The molecule has 3 nitrogen and oxygen atoms in total. The van der Waals surface area contributed by atoms with Crippen molar-refractivity contribution in [3.05, 3.63) is 12.7 Å². The van der Waals surface area contributed by atoms with Gasteiger partial charge in [0, 0.05) is 6.61 Å². The summed E-state index contributed by atoms with van der Waals surface area (Å²) in [4.78, 5) is 0. The highest BCUT2D eigenvalue weighted by atomic mass is 16.5. The van der Waals surface area contributed by atoms with Crippen LogP contribution in [0.15, 0.2) is 12.7 Å².